The molecule has 3 heterocycles. The first-order valence-electron chi connectivity index (χ1n) is 10.9. The van der Waals surface area contributed by atoms with Crippen LogP contribution in [0.15, 0.2) is 24.8 Å². The van der Waals surface area contributed by atoms with Crippen LogP contribution >= 0.6 is 0 Å². The van der Waals surface area contributed by atoms with Gasteiger partial charge in [0.25, 0.3) is 0 Å². The van der Waals surface area contributed by atoms with Crippen molar-refractivity contribution in [2.45, 2.75) is 76.5 Å². The second-order valence-electron chi connectivity index (χ2n) is 8.58. The van der Waals surface area contributed by atoms with E-state index in [-0.39, 0.29) is 11.3 Å². The molecule has 6 heteroatoms. The average molecular weight is 387 g/mol. The second-order valence-corrected chi connectivity index (χ2v) is 8.58. The summed E-state index contributed by atoms with van der Waals surface area (Å²) >= 11 is 0. The number of hydrogen-bond acceptors (Lipinski definition) is 4. The first kappa shape index (κ1) is 21.1. The van der Waals surface area contributed by atoms with E-state index in [9.17, 15) is 0 Å². The monoisotopic (exact) mass is 386 g/mol. The van der Waals surface area contributed by atoms with Crippen molar-refractivity contribution in [1.29, 1.82) is 0 Å². The third-order valence-corrected chi connectivity index (χ3v) is 6.53. The van der Waals surface area contributed by atoms with E-state index >= 15 is 0 Å². The molecular weight excluding hydrogens is 348 g/mol. The maximum Gasteiger partial charge on any atom is 0.157 e. The highest BCUT2D eigenvalue weighted by Gasteiger charge is 2.54. The predicted octanol–water partition coefficient (Wildman–Crippen LogP) is 4.08. The van der Waals surface area contributed by atoms with Crippen LogP contribution in [-0.4, -0.2) is 57.1 Å². The Morgan fingerprint density at radius 3 is 1.43 bits per heavy atom. The van der Waals surface area contributed by atoms with Gasteiger partial charge in [0.05, 0.1) is 0 Å². The van der Waals surface area contributed by atoms with E-state index in [2.05, 4.69) is 73.4 Å². The van der Waals surface area contributed by atoms with Crippen LogP contribution in [0.25, 0.3) is 0 Å². The second kappa shape index (κ2) is 8.37. The van der Waals surface area contributed by atoms with Gasteiger partial charge in [-0.3, -0.25) is 9.80 Å². The first-order valence-corrected chi connectivity index (χ1v) is 10.9. The molecule has 6 nitrogen and oxygen atoms in total. The van der Waals surface area contributed by atoms with Crippen LogP contribution in [0, 0.1) is 0 Å². The highest BCUT2D eigenvalue weighted by atomic mass is 15.5. The minimum atomic E-state index is -0.297. The topological polar surface area (TPSA) is 42.1 Å². The summed E-state index contributed by atoms with van der Waals surface area (Å²) < 4.78 is 4.83. The van der Waals surface area contributed by atoms with Crippen molar-refractivity contribution in [2.75, 3.05) is 28.2 Å². The summed E-state index contributed by atoms with van der Waals surface area (Å²) in [6, 6.07) is 0. The zero-order valence-corrected chi connectivity index (χ0v) is 18.6. The van der Waals surface area contributed by atoms with Gasteiger partial charge in [0.1, 0.15) is 0 Å². The van der Waals surface area contributed by atoms with E-state index in [1.165, 1.54) is 38.5 Å². The molecule has 0 saturated carbocycles. The van der Waals surface area contributed by atoms with E-state index in [4.69, 9.17) is 9.97 Å². The Bertz CT molecular complexity index is 655. The van der Waals surface area contributed by atoms with Crippen LogP contribution in [0.3, 0.4) is 0 Å². The normalized spacial score (nSPS) is 24.0. The van der Waals surface area contributed by atoms with Crippen molar-refractivity contribution in [1.82, 2.24) is 28.9 Å². The average Bonchev–Trinajstić information content (AvgIpc) is 3.33. The molecule has 0 saturated heterocycles. The Morgan fingerprint density at radius 1 is 0.714 bits per heavy atom. The molecule has 1 aliphatic rings. The molecule has 0 fully saturated rings. The van der Waals surface area contributed by atoms with Crippen molar-refractivity contribution < 1.29 is 0 Å². The van der Waals surface area contributed by atoms with E-state index in [1.54, 1.807) is 0 Å². The van der Waals surface area contributed by atoms with Crippen LogP contribution in [0.2, 0.25) is 0 Å². The van der Waals surface area contributed by atoms with Gasteiger partial charge < -0.3 is 9.13 Å². The summed E-state index contributed by atoms with van der Waals surface area (Å²) in [5.74, 6) is 2.26. The van der Waals surface area contributed by atoms with Gasteiger partial charge in [-0.2, -0.15) is 0 Å². The van der Waals surface area contributed by atoms with Gasteiger partial charge >= 0.3 is 0 Å². The SMILES string of the molecule is CCCCCC1(N(C)C)c2nccn2C(CCCCC)(N(C)C)c2nccn21. The summed E-state index contributed by atoms with van der Waals surface area (Å²) in [5, 5.41) is 0. The number of imidazole rings is 2. The van der Waals surface area contributed by atoms with Gasteiger partial charge in [-0.25, -0.2) is 9.97 Å². The number of unbranched alkanes of at least 4 members (excludes halogenated alkanes) is 4. The Labute approximate surface area is 170 Å². The number of nitrogens with zero attached hydrogens (tertiary/aromatic N) is 6. The lowest BCUT2D eigenvalue weighted by Crippen LogP contribution is -2.61. The summed E-state index contributed by atoms with van der Waals surface area (Å²) in [6.07, 6.45) is 17.6. The highest BCUT2D eigenvalue weighted by molar-refractivity contribution is 5.27. The molecule has 3 rings (SSSR count). The minimum Gasteiger partial charge on any atom is -0.306 e. The highest BCUT2D eigenvalue weighted by Crippen LogP contribution is 2.46. The number of rotatable bonds is 10. The molecular formula is C22H38N6. The van der Waals surface area contributed by atoms with Gasteiger partial charge in [-0.1, -0.05) is 39.5 Å². The zero-order valence-electron chi connectivity index (χ0n) is 18.6. The van der Waals surface area contributed by atoms with Crippen molar-refractivity contribution in [3.63, 3.8) is 0 Å². The van der Waals surface area contributed by atoms with Crippen LogP contribution in [0.1, 0.15) is 76.9 Å². The summed E-state index contributed by atoms with van der Waals surface area (Å²) in [6.45, 7) is 4.52. The Morgan fingerprint density at radius 2 is 1.11 bits per heavy atom. The molecule has 0 N–H and O–H groups in total. The lowest BCUT2D eigenvalue weighted by Gasteiger charge is -2.52. The van der Waals surface area contributed by atoms with E-state index in [1.807, 2.05) is 12.4 Å². The van der Waals surface area contributed by atoms with Gasteiger partial charge in [0.2, 0.25) is 0 Å². The van der Waals surface area contributed by atoms with Crippen LogP contribution < -0.4 is 0 Å². The van der Waals surface area contributed by atoms with E-state index in [0.29, 0.717) is 0 Å². The maximum absolute atomic E-state index is 4.94. The fraction of sp³-hybridized carbons (Fsp3) is 0.727. The van der Waals surface area contributed by atoms with Crippen molar-refractivity contribution in [3.8, 4) is 0 Å². The molecule has 2 aromatic rings. The van der Waals surface area contributed by atoms with E-state index < -0.39 is 0 Å². The van der Waals surface area contributed by atoms with Gasteiger partial charge in [-0.15, -0.1) is 0 Å². The smallest absolute Gasteiger partial charge is 0.157 e. The molecule has 0 amide bonds. The minimum absolute atomic E-state index is 0.297. The molecule has 0 aliphatic carbocycles. The third-order valence-electron chi connectivity index (χ3n) is 6.53. The quantitative estimate of drug-likeness (QED) is 0.577. The number of hydrogen-bond donors (Lipinski definition) is 0. The summed E-state index contributed by atoms with van der Waals surface area (Å²) in [5.41, 5.74) is -0.594. The molecule has 2 unspecified atom stereocenters. The largest absolute Gasteiger partial charge is 0.306 e. The molecule has 0 aromatic carbocycles. The molecule has 2 aromatic heterocycles. The van der Waals surface area contributed by atoms with Crippen molar-refractivity contribution in [3.05, 3.63) is 36.4 Å². The standard InChI is InChI=1S/C22H38N6/c1-7-9-11-13-21(25(3)4)19-23-16-18-28(19)22(26(5)6,14-12-10-8-2)20-24-15-17-27(20)21/h15-18H,7-14H2,1-6H3. The molecule has 1 aliphatic heterocycles. The molecule has 0 spiro atoms. The summed E-state index contributed by atoms with van der Waals surface area (Å²) in [7, 11) is 8.70. The van der Waals surface area contributed by atoms with Crippen molar-refractivity contribution in [2.24, 2.45) is 0 Å². The van der Waals surface area contributed by atoms with Crippen molar-refractivity contribution >= 4 is 0 Å². The maximum atomic E-state index is 4.94. The lowest BCUT2D eigenvalue weighted by atomic mass is 9.90. The van der Waals surface area contributed by atoms with Gasteiger partial charge in [0.15, 0.2) is 23.0 Å². The Hall–Kier alpha value is -1.66. The zero-order chi connectivity index (χ0) is 20.4. The third kappa shape index (κ3) is 3.01. The fourth-order valence-electron chi connectivity index (χ4n) is 5.00. The number of aromatic nitrogens is 4. The predicted molar refractivity (Wildman–Crippen MR) is 114 cm³/mol. The molecule has 28 heavy (non-hydrogen) atoms. The number of fused-ring (bicyclic) bond motifs is 2. The Balaban J connectivity index is 2.20. The fourth-order valence-corrected chi connectivity index (χ4v) is 5.00. The van der Waals surface area contributed by atoms with Crippen LogP contribution in [-0.2, 0) is 11.3 Å². The lowest BCUT2D eigenvalue weighted by molar-refractivity contribution is -0.00183. The summed E-state index contributed by atoms with van der Waals surface area (Å²) in [4.78, 5) is 14.5. The molecule has 156 valence electrons. The van der Waals surface area contributed by atoms with E-state index in [0.717, 1.165) is 24.5 Å². The van der Waals surface area contributed by atoms with Crippen LogP contribution in [0.5, 0.6) is 0 Å². The molecule has 0 radical (unpaired) electrons. The molecule has 0 bridgehead atoms. The molecule has 2 atom stereocenters. The van der Waals surface area contributed by atoms with Crippen LogP contribution in [0.4, 0.5) is 0 Å². The first-order chi connectivity index (χ1) is 13.5. The van der Waals surface area contributed by atoms with Gasteiger partial charge in [0, 0.05) is 24.8 Å². The van der Waals surface area contributed by atoms with Gasteiger partial charge in [-0.05, 0) is 53.9 Å². The Kier molecular flexibility index (Phi) is 6.30.